The fourth-order valence-corrected chi connectivity index (χ4v) is 3.73. The molecule has 1 fully saturated rings. The van der Waals surface area contributed by atoms with Gasteiger partial charge in [-0.2, -0.15) is 0 Å². The van der Waals surface area contributed by atoms with Gasteiger partial charge < -0.3 is 10.2 Å². The Kier molecular flexibility index (Phi) is 6.10. The van der Waals surface area contributed by atoms with Gasteiger partial charge in [0.1, 0.15) is 5.82 Å². The highest BCUT2D eigenvalue weighted by atomic mass is 35.5. The number of anilines is 1. The maximum absolute atomic E-state index is 12.9. The van der Waals surface area contributed by atoms with Crippen molar-refractivity contribution in [3.63, 3.8) is 0 Å². The third-order valence-electron chi connectivity index (χ3n) is 5.22. The van der Waals surface area contributed by atoms with Crippen LogP contribution in [0.5, 0.6) is 0 Å². The predicted molar refractivity (Wildman–Crippen MR) is 118 cm³/mol. The number of nitrogens with one attached hydrogen (secondary N) is 1. The highest BCUT2D eigenvalue weighted by Gasteiger charge is 2.18. The van der Waals surface area contributed by atoms with E-state index < -0.39 is 0 Å². The maximum Gasteiger partial charge on any atom is 0.252 e. The van der Waals surface area contributed by atoms with Crippen molar-refractivity contribution in [1.29, 1.82) is 0 Å². The minimum Gasteiger partial charge on any atom is -0.357 e. The third kappa shape index (κ3) is 4.52. The Hall–Kier alpha value is -3.18. The smallest absolute Gasteiger partial charge is 0.252 e. The van der Waals surface area contributed by atoms with Crippen LogP contribution >= 0.6 is 11.6 Å². The van der Waals surface area contributed by atoms with Gasteiger partial charge in [-0.3, -0.25) is 9.59 Å². The first-order chi connectivity index (χ1) is 14.6. The molecule has 1 N–H and O–H groups in total. The molecule has 0 saturated carbocycles. The molecule has 5 nitrogen and oxygen atoms in total. The number of carbonyl (C=O) groups excluding carboxylic acids is 2. The molecule has 2 heterocycles. The number of ketones is 1. The third-order valence-corrected chi connectivity index (χ3v) is 5.47. The van der Waals surface area contributed by atoms with Gasteiger partial charge in [0.25, 0.3) is 5.91 Å². The van der Waals surface area contributed by atoms with Crippen LogP contribution < -0.4 is 10.2 Å². The zero-order valence-corrected chi connectivity index (χ0v) is 17.2. The Morgan fingerprint density at radius 1 is 0.967 bits per heavy atom. The fourth-order valence-electron chi connectivity index (χ4n) is 3.60. The second kappa shape index (κ2) is 9.09. The average Bonchev–Trinajstić information content (AvgIpc) is 3.33. The molecular formula is C24H22ClN3O2. The van der Waals surface area contributed by atoms with E-state index in [1.54, 1.807) is 54.7 Å². The summed E-state index contributed by atoms with van der Waals surface area (Å²) in [5.74, 6) is 0.447. The van der Waals surface area contributed by atoms with Crippen LogP contribution in [0.1, 0.15) is 44.7 Å². The first-order valence-corrected chi connectivity index (χ1v) is 10.4. The van der Waals surface area contributed by atoms with Crippen molar-refractivity contribution in [2.24, 2.45) is 0 Å². The van der Waals surface area contributed by atoms with Crippen LogP contribution in [-0.2, 0) is 6.54 Å². The van der Waals surface area contributed by atoms with E-state index in [0.29, 0.717) is 28.3 Å². The summed E-state index contributed by atoms with van der Waals surface area (Å²) in [7, 11) is 0. The number of rotatable bonds is 6. The van der Waals surface area contributed by atoms with E-state index in [4.69, 9.17) is 11.6 Å². The average molecular weight is 420 g/mol. The van der Waals surface area contributed by atoms with Crippen LogP contribution in [0.4, 0.5) is 5.82 Å². The van der Waals surface area contributed by atoms with Gasteiger partial charge in [0, 0.05) is 42.0 Å². The summed E-state index contributed by atoms with van der Waals surface area (Å²) in [5.41, 5.74) is 2.18. The molecule has 0 radical (unpaired) electrons. The summed E-state index contributed by atoms with van der Waals surface area (Å²) in [4.78, 5) is 32.5. The SMILES string of the molecule is O=C(NCc1ccnc(N2CCCC2)c1)c1ccccc1C(=O)c1ccc(Cl)cc1. The lowest BCUT2D eigenvalue weighted by atomic mass is 9.98. The largest absolute Gasteiger partial charge is 0.357 e. The Labute approximate surface area is 180 Å². The van der Waals surface area contributed by atoms with Gasteiger partial charge in [-0.1, -0.05) is 29.8 Å². The Morgan fingerprint density at radius 2 is 1.67 bits per heavy atom. The van der Waals surface area contributed by atoms with Crippen LogP contribution in [0, 0.1) is 0 Å². The van der Waals surface area contributed by atoms with Crippen molar-refractivity contribution in [1.82, 2.24) is 10.3 Å². The van der Waals surface area contributed by atoms with E-state index in [2.05, 4.69) is 15.2 Å². The Balaban J connectivity index is 1.48. The number of pyridine rings is 1. The first-order valence-electron chi connectivity index (χ1n) is 9.99. The summed E-state index contributed by atoms with van der Waals surface area (Å²) in [6.45, 7) is 2.40. The van der Waals surface area contributed by atoms with Gasteiger partial charge in [0.05, 0.1) is 5.56 Å². The Morgan fingerprint density at radius 3 is 2.40 bits per heavy atom. The predicted octanol–water partition coefficient (Wildman–Crippen LogP) is 4.50. The molecule has 0 aliphatic carbocycles. The number of nitrogens with zero attached hydrogens (tertiary/aromatic N) is 2. The molecule has 1 aliphatic heterocycles. The molecule has 0 spiro atoms. The van der Waals surface area contributed by atoms with Crippen molar-refractivity contribution >= 4 is 29.1 Å². The maximum atomic E-state index is 12.9. The van der Waals surface area contributed by atoms with E-state index in [-0.39, 0.29) is 11.7 Å². The van der Waals surface area contributed by atoms with Crippen molar-refractivity contribution < 1.29 is 9.59 Å². The molecule has 1 amide bonds. The van der Waals surface area contributed by atoms with Crippen molar-refractivity contribution in [2.45, 2.75) is 19.4 Å². The van der Waals surface area contributed by atoms with E-state index in [0.717, 1.165) is 24.5 Å². The van der Waals surface area contributed by atoms with Gasteiger partial charge in [-0.25, -0.2) is 4.98 Å². The van der Waals surface area contributed by atoms with Crippen LogP contribution in [0.25, 0.3) is 0 Å². The highest BCUT2D eigenvalue weighted by molar-refractivity contribution is 6.30. The van der Waals surface area contributed by atoms with E-state index >= 15 is 0 Å². The van der Waals surface area contributed by atoms with Gasteiger partial charge in [-0.05, 0) is 60.9 Å². The molecule has 4 rings (SSSR count). The number of carbonyl (C=O) groups is 2. The molecule has 0 bridgehead atoms. The first kappa shape index (κ1) is 20.1. The number of benzene rings is 2. The molecule has 6 heteroatoms. The number of aromatic nitrogens is 1. The molecule has 2 aromatic carbocycles. The quantitative estimate of drug-likeness (QED) is 0.598. The lowest BCUT2D eigenvalue weighted by Crippen LogP contribution is -2.25. The summed E-state index contributed by atoms with van der Waals surface area (Å²) >= 11 is 5.91. The zero-order chi connectivity index (χ0) is 20.9. The second-order valence-corrected chi connectivity index (χ2v) is 7.72. The fraction of sp³-hybridized carbons (Fsp3) is 0.208. The number of amides is 1. The van der Waals surface area contributed by atoms with Gasteiger partial charge in [-0.15, -0.1) is 0 Å². The molecule has 152 valence electrons. The molecule has 0 unspecified atom stereocenters. The molecule has 3 aromatic rings. The van der Waals surface area contributed by atoms with Crippen LogP contribution in [-0.4, -0.2) is 29.8 Å². The molecule has 30 heavy (non-hydrogen) atoms. The molecule has 1 saturated heterocycles. The highest BCUT2D eigenvalue weighted by Crippen LogP contribution is 2.19. The molecular weight excluding hydrogens is 398 g/mol. The minimum atomic E-state index is -0.285. The standard InChI is InChI=1S/C24H22ClN3O2/c25-19-9-7-18(8-10-19)23(29)20-5-1-2-6-21(20)24(30)27-16-17-11-12-26-22(15-17)28-13-3-4-14-28/h1-2,5-12,15H,3-4,13-14,16H2,(H,27,30). The van der Waals surface area contributed by atoms with E-state index in [1.807, 2.05) is 12.1 Å². The molecule has 0 atom stereocenters. The van der Waals surface area contributed by atoms with Gasteiger partial charge >= 0.3 is 0 Å². The van der Waals surface area contributed by atoms with Gasteiger partial charge in [0.15, 0.2) is 5.78 Å². The lowest BCUT2D eigenvalue weighted by Gasteiger charge is -2.17. The van der Waals surface area contributed by atoms with Crippen molar-refractivity contribution in [2.75, 3.05) is 18.0 Å². The minimum absolute atomic E-state index is 0.211. The normalized spacial score (nSPS) is 13.3. The summed E-state index contributed by atoms with van der Waals surface area (Å²) in [6, 6.07) is 17.4. The van der Waals surface area contributed by atoms with Crippen LogP contribution in [0.2, 0.25) is 5.02 Å². The number of halogens is 1. The van der Waals surface area contributed by atoms with Crippen molar-refractivity contribution in [3.05, 3.63) is 94.1 Å². The summed E-state index contributed by atoms with van der Waals surface area (Å²) < 4.78 is 0. The van der Waals surface area contributed by atoms with Crippen LogP contribution in [0.15, 0.2) is 66.9 Å². The van der Waals surface area contributed by atoms with E-state index in [9.17, 15) is 9.59 Å². The monoisotopic (exact) mass is 419 g/mol. The van der Waals surface area contributed by atoms with Crippen LogP contribution in [0.3, 0.4) is 0 Å². The zero-order valence-electron chi connectivity index (χ0n) is 16.5. The number of hydrogen-bond donors (Lipinski definition) is 1. The molecule has 1 aliphatic rings. The number of hydrogen-bond acceptors (Lipinski definition) is 4. The topological polar surface area (TPSA) is 62.3 Å². The second-order valence-electron chi connectivity index (χ2n) is 7.28. The molecule has 1 aromatic heterocycles. The summed E-state index contributed by atoms with van der Waals surface area (Å²) in [6.07, 6.45) is 4.13. The van der Waals surface area contributed by atoms with Crippen molar-refractivity contribution in [3.8, 4) is 0 Å². The van der Waals surface area contributed by atoms with E-state index in [1.165, 1.54) is 12.8 Å². The lowest BCUT2D eigenvalue weighted by molar-refractivity contribution is 0.0939. The Bertz CT molecular complexity index is 1060. The summed E-state index contributed by atoms with van der Waals surface area (Å²) in [5, 5.41) is 3.49. The van der Waals surface area contributed by atoms with Gasteiger partial charge in [0.2, 0.25) is 0 Å².